The van der Waals surface area contributed by atoms with E-state index in [1.165, 1.54) is 11.8 Å². The number of carbonyl (C=O) groups is 1. The molecule has 4 heterocycles. The molecule has 0 bridgehead atoms. The zero-order valence-electron chi connectivity index (χ0n) is 18.5. The summed E-state index contributed by atoms with van der Waals surface area (Å²) in [5.41, 5.74) is 3.34. The molecule has 0 saturated heterocycles. The van der Waals surface area contributed by atoms with Gasteiger partial charge in [-0.25, -0.2) is 0 Å². The van der Waals surface area contributed by atoms with Crippen molar-refractivity contribution in [3.63, 3.8) is 0 Å². The van der Waals surface area contributed by atoms with Crippen molar-refractivity contribution in [1.82, 2.24) is 14.8 Å². The molecule has 170 valence electrons. The number of ether oxygens (including phenoxy) is 2. The number of rotatable bonds is 7. The van der Waals surface area contributed by atoms with Gasteiger partial charge >= 0.3 is 0 Å². The van der Waals surface area contributed by atoms with Crippen LogP contribution < -0.4 is 9.47 Å². The summed E-state index contributed by atoms with van der Waals surface area (Å²) in [5, 5.41) is 8.43. The first-order valence-corrected chi connectivity index (χ1v) is 11.6. The van der Waals surface area contributed by atoms with Gasteiger partial charge in [-0.05, 0) is 45.0 Å². The van der Waals surface area contributed by atoms with Gasteiger partial charge in [-0.3, -0.25) is 4.79 Å². The first-order valence-electron chi connectivity index (χ1n) is 10.6. The fraction of sp³-hybridized carbons (Fsp3) is 0.292. The molecule has 1 aliphatic heterocycles. The zero-order chi connectivity index (χ0) is 22.9. The highest BCUT2D eigenvalue weighted by atomic mass is 32.2. The molecule has 0 aliphatic carbocycles. The van der Waals surface area contributed by atoms with Crippen molar-refractivity contribution in [3.05, 3.63) is 65.4 Å². The zero-order valence-corrected chi connectivity index (χ0v) is 19.3. The Hall–Kier alpha value is -3.46. The van der Waals surface area contributed by atoms with Gasteiger partial charge in [-0.2, -0.15) is 0 Å². The van der Waals surface area contributed by atoms with E-state index in [1.807, 2.05) is 51.1 Å². The number of thioether (sulfide) groups is 1. The molecule has 3 aromatic heterocycles. The maximum absolute atomic E-state index is 13.0. The average molecular weight is 466 g/mol. The highest BCUT2D eigenvalue weighted by molar-refractivity contribution is 7.99. The number of nitrogens with zero attached hydrogens (tertiary/aromatic N) is 3. The van der Waals surface area contributed by atoms with E-state index in [0.717, 1.165) is 28.5 Å². The number of carbonyl (C=O) groups excluding carboxylic acids is 1. The minimum absolute atomic E-state index is 0.00440. The largest absolute Gasteiger partial charge is 0.486 e. The second kappa shape index (κ2) is 8.82. The summed E-state index contributed by atoms with van der Waals surface area (Å²) >= 11 is 1.22. The molecule has 0 spiro atoms. The van der Waals surface area contributed by atoms with Gasteiger partial charge in [0.1, 0.15) is 12.4 Å². The number of para-hydroxylation sites is 2. The third-order valence-electron chi connectivity index (χ3n) is 5.65. The lowest BCUT2D eigenvalue weighted by atomic mass is 10.2. The van der Waals surface area contributed by atoms with E-state index < -0.39 is 0 Å². The van der Waals surface area contributed by atoms with Crippen LogP contribution in [0.1, 0.15) is 27.5 Å². The number of hydrogen-bond acceptors (Lipinski definition) is 8. The monoisotopic (exact) mass is 465 g/mol. The molecule has 0 amide bonds. The molecule has 0 N–H and O–H groups in total. The van der Waals surface area contributed by atoms with Gasteiger partial charge in [0.05, 0.1) is 24.1 Å². The molecule has 1 unspecified atom stereocenters. The molecular weight excluding hydrogens is 442 g/mol. The number of fused-ring (bicyclic) bond motifs is 1. The molecular formula is C24H23N3O5S. The van der Waals surface area contributed by atoms with Crippen LogP contribution >= 0.6 is 11.8 Å². The Balaban J connectivity index is 1.24. The molecule has 0 saturated carbocycles. The predicted octanol–water partition coefficient (Wildman–Crippen LogP) is 4.87. The van der Waals surface area contributed by atoms with Crippen LogP contribution in [-0.4, -0.2) is 39.0 Å². The van der Waals surface area contributed by atoms with Crippen molar-refractivity contribution in [1.29, 1.82) is 0 Å². The number of furan rings is 1. The molecule has 33 heavy (non-hydrogen) atoms. The first kappa shape index (κ1) is 21.4. The van der Waals surface area contributed by atoms with E-state index in [2.05, 4.69) is 14.8 Å². The lowest BCUT2D eigenvalue weighted by Crippen LogP contribution is -2.33. The van der Waals surface area contributed by atoms with Crippen LogP contribution in [0.25, 0.3) is 11.5 Å². The fourth-order valence-corrected chi connectivity index (χ4v) is 4.56. The quantitative estimate of drug-likeness (QED) is 0.282. The minimum Gasteiger partial charge on any atom is -0.486 e. The van der Waals surface area contributed by atoms with Gasteiger partial charge in [0.15, 0.2) is 23.4 Å². The molecule has 0 radical (unpaired) electrons. The summed E-state index contributed by atoms with van der Waals surface area (Å²) in [5.74, 6) is 2.79. The van der Waals surface area contributed by atoms with Crippen molar-refractivity contribution in [2.45, 2.75) is 38.6 Å². The average Bonchev–Trinajstić information content (AvgIpc) is 3.53. The summed E-state index contributed by atoms with van der Waals surface area (Å²) in [6.45, 7) is 6.84. The fourth-order valence-electron chi connectivity index (χ4n) is 3.91. The standard InChI is InChI=1S/C24H23N3O5S/c1-14-10-19(15(2)27(14)11-17-12-30-21-6-4-5-7-22(21)31-17)20(28)13-33-24-26-25-23(32-24)18-8-9-29-16(18)3/h4-10,17H,11-13H2,1-3H3. The van der Waals surface area contributed by atoms with Crippen LogP contribution in [0.4, 0.5) is 0 Å². The topological polar surface area (TPSA) is 92.5 Å². The molecule has 1 aliphatic rings. The highest BCUT2D eigenvalue weighted by Gasteiger charge is 2.24. The third-order valence-corrected chi connectivity index (χ3v) is 6.47. The van der Waals surface area contributed by atoms with E-state index in [0.29, 0.717) is 35.6 Å². The van der Waals surface area contributed by atoms with Crippen molar-refractivity contribution in [3.8, 4) is 23.0 Å². The third kappa shape index (κ3) is 4.28. The van der Waals surface area contributed by atoms with Crippen LogP contribution in [0, 0.1) is 20.8 Å². The molecule has 1 atom stereocenters. The Bertz CT molecular complexity index is 1310. The Morgan fingerprint density at radius 3 is 2.76 bits per heavy atom. The van der Waals surface area contributed by atoms with E-state index >= 15 is 0 Å². The molecule has 4 aromatic rings. The van der Waals surface area contributed by atoms with Gasteiger partial charge in [0.2, 0.25) is 0 Å². The maximum atomic E-state index is 13.0. The molecule has 9 heteroatoms. The van der Waals surface area contributed by atoms with Gasteiger partial charge in [-0.1, -0.05) is 23.9 Å². The lowest BCUT2D eigenvalue weighted by Gasteiger charge is -2.27. The summed E-state index contributed by atoms with van der Waals surface area (Å²) in [6, 6.07) is 11.3. The normalized spacial score (nSPS) is 15.1. The molecule has 1 aromatic carbocycles. The number of benzene rings is 1. The Morgan fingerprint density at radius 1 is 1.15 bits per heavy atom. The number of aryl methyl sites for hydroxylation is 2. The van der Waals surface area contributed by atoms with Crippen molar-refractivity contribution >= 4 is 17.5 Å². The summed E-state index contributed by atoms with van der Waals surface area (Å²) < 4.78 is 25.0. The molecule has 8 nitrogen and oxygen atoms in total. The molecule has 0 fully saturated rings. The number of hydrogen-bond donors (Lipinski definition) is 0. The summed E-state index contributed by atoms with van der Waals surface area (Å²) in [6.07, 6.45) is 1.44. The minimum atomic E-state index is -0.134. The number of aromatic nitrogens is 3. The predicted molar refractivity (Wildman–Crippen MR) is 122 cm³/mol. The van der Waals surface area contributed by atoms with E-state index in [4.69, 9.17) is 18.3 Å². The SMILES string of the molecule is Cc1occc1-c1nnc(SCC(=O)c2cc(C)n(CC3COc4ccccc4O3)c2C)o1. The van der Waals surface area contributed by atoms with Crippen molar-refractivity contribution in [2.75, 3.05) is 12.4 Å². The highest BCUT2D eigenvalue weighted by Crippen LogP contribution is 2.32. The lowest BCUT2D eigenvalue weighted by molar-refractivity contribution is 0.0777. The summed E-state index contributed by atoms with van der Waals surface area (Å²) in [7, 11) is 0. The van der Waals surface area contributed by atoms with Crippen LogP contribution in [0.15, 0.2) is 56.7 Å². The van der Waals surface area contributed by atoms with Gasteiger partial charge in [0.25, 0.3) is 11.1 Å². The van der Waals surface area contributed by atoms with Crippen LogP contribution in [0.2, 0.25) is 0 Å². The number of ketones is 1. The van der Waals surface area contributed by atoms with E-state index in [9.17, 15) is 4.79 Å². The first-order chi connectivity index (χ1) is 16.0. The van der Waals surface area contributed by atoms with Gasteiger partial charge in [0, 0.05) is 17.0 Å². The molecule has 5 rings (SSSR count). The number of Topliss-reactive ketones (excluding diaryl/α,β-unsaturated/α-hetero) is 1. The van der Waals surface area contributed by atoms with E-state index in [-0.39, 0.29) is 17.6 Å². The summed E-state index contributed by atoms with van der Waals surface area (Å²) in [4.78, 5) is 13.0. The maximum Gasteiger partial charge on any atom is 0.277 e. The van der Waals surface area contributed by atoms with E-state index in [1.54, 1.807) is 12.3 Å². The van der Waals surface area contributed by atoms with Crippen molar-refractivity contribution in [2.24, 2.45) is 0 Å². The van der Waals surface area contributed by atoms with Crippen LogP contribution in [-0.2, 0) is 6.54 Å². The Labute approximate surface area is 194 Å². The van der Waals surface area contributed by atoms with Crippen LogP contribution in [0.5, 0.6) is 11.5 Å². The Kier molecular flexibility index (Phi) is 5.72. The van der Waals surface area contributed by atoms with Gasteiger partial charge in [-0.15, -0.1) is 10.2 Å². The second-order valence-electron chi connectivity index (χ2n) is 7.87. The smallest absolute Gasteiger partial charge is 0.277 e. The Morgan fingerprint density at radius 2 is 1.97 bits per heavy atom. The second-order valence-corrected chi connectivity index (χ2v) is 8.80. The van der Waals surface area contributed by atoms with Crippen LogP contribution in [0.3, 0.4) is 0 Å². The van der Waals surface area contributed by atoms with Crippen molar-refractivity contribution < 1.29 is 23.1 Å². The van der Waals surface area contributed by atoms with Gasteiger partial charge < -0.3 is 22.9 Å².